The van der Waals surface area contributed by atoms with Crippen LogP contribution in [0.2, 0.25) is 0 Å². The predicted molar refractivity (Wildman–Crippen MR) is 76.7 cm³/mol. The number of rotatable bonds is 6. The van der Waals surface area contributed by atoms with Crippen LogP contribution in [0.3, 0.4) is 0 Å². The first-order valence-corrected chi connectivity index (χ1v) is 6.66. The Morgan fingerprint density at radius 3 is 2.20 bits per heavy atom. The molecule has 1 aromatic carbocycles. The van der Waals surface area contributed by atoms with E-state index >= 15 is 0 Å². The maximum absolute atomic E-state index is 11.8. The number of carboxylic acids is 1. The number of benzene rings is 1. The second-order valence-corrected chi connectivity index (χ2v) is 5.56. The van der Waals surface area contributed by atoms with Gasteiger partial charge in [-0.05, 0) is 37.5 Å². The van der Waals surface area contributed by atoms with E-state index in [9.17, 15) is 14.7 Å². The van der Waals surface area contributed by atoms with Crippen LogP contribution >= 0.6 is 0 Å². The molecule has 1 aliphatic rings. The fraction of sp³-hybridized carbons (Fsp3) is 0.467. The Bertz CT molecular complexity index is 508. The minimum absolute atomic E-state index is 0.0436. The zero-order chi connectivity index (χ0) is 14.9. The third kappa shape index (κ3) is 2.35. The number of carbonyl (C=O) groups is 2. The van der Waals surface area contributed by atoms with Crippen molar-refractivity contribution in [3.8, 4) is 0 Å². The number of nitrogens with zero attached hydrogens (tertiary/aromatic N) is 2. The largest absolute Gasteiger partial charge is 0.479 e. The van der Waals surface area contributed by atoms with Crippen molar-refractivity contribution in [1.29, 1.82) is 0 Å². The van der Waals surface area contributed by atoms with Crippen LogP contribution in [0.15, 0.2) is 24.3 Å². The smallest absolute Gasteiger partial charge is 0.334 e. The molecular weight excluding hydrogens is 256 g/mol. The van der Waals surface area contributed by atoms with Crippen LogP contribution in [-0.2, 0) is 15.1 Å². The van der Waals surface area contributed by atoms with Gasteiger partial charge in [0, 0.05) is 25.8 Å². The Morgan fingerprint density at radius 1 is 1.30 bits per heavy atom. The first kappa shape index (κ1) is 14.4. The van der Waals surface area contributed by atoms with Gasteiger partial charge in [-0.15, -0.1) is 0 Å². The lowest BCUT2D eigenvalue weighted by molar-refractivity contribution is -0.155. The molecule has 1 N–H and O–H groups in total. The van der Waals surface area contributed by atoms with Gasteiger partial charge in [-0.1, -0.05) is 12.1 Å². The van der Waals surface area contributed by atoms with E-state index in [-0.39, 0.29) is 6.04 Å². The molecular formula is C15H20N2O3. The molecule has 0 heterocycles. The Morgan fingerprint density at radius 2 is 1.85 bits per heavy atom. The second kappa shape index (κ2) is 5.15. The van der Waals surface area contributed by atoms with Crippen molar-refractivity contribution in [1.82, 2.24) is 4.90 Å². The molecule has 108 valence electrons. The van der Waals surface area contributed by atoms with Crippen molar-refractivity contribution >= 4 is 18.1 Å². The number of carboxylic acid groups (broad SMARTS) is 1. The quantitative estimate of drug-likeness (QED) is 0.803. The Balaban J connectivity index is 2.41. The summed E-state index contributed by atoms with van der Waals surface area (Å²) < 4.78 is 0. The number of hydrogen-bond donors (Lipinski definition) is 1. The fourth-order valence-corrected chi connectivity index (χ4v) is 2.38. The van der Waals surface area contributed by atoms with Gasteiger partial charge in [0.05, 0.1) is 0 Å². The van der Waals surface area contributed by atoms with Gasteiger partial charge in [0.1, 0.15) is 0 Å². The number of hydrogen-bond acceptors (Lipinski definition) is 3. The molecule has 0 aliphatic heterocycles. The third-order valence-corrected chi connectivity index (χ3v) is 3.93. The normalized spacial score (nSPS) is 17.1. The van der Waals surface area contributed by atoms with Gasteiger partial charge in [0.2, 0.25) is 6.41 Å². The highest BCUT2D eigenvalue weighted by molar-refractivity contribution is 5.83. The molecule has 0 bridgehead atoms. The number of aliphatic carboxylic acids is 1. The average Bonchev–Trinajstić information content (AvgIpc) is 3.23. The van der Waals surface area contributed by atoms with Crippen molar-refractivity contribution in [3.05, 3.63) is 29.8 Å². The lowest BCUT2D eigenvalue weighted by Crippen LogP contribution is -2.50. The Kier molecular flexibility index (Phi) is 3.70. The van der Waals surface area contributed by atoms with Gasteiger partial charge >= 0.3 is 5.97 Å². The molecule has 1 fully saturated rings. The third-order valence-electron chi connectivity index (χ3n) is 3.93. The first-order valence-electron chi connectivity index (χ1n) is 6.66. The highest BCUT2D eigenvalue weighted by Crippen LogP contribution is 2.38. The van der Waals surface area contributed by atoms with Crippen LogP contribution in [0.25, 0.3) is 0 Å². The van der Waals surface area contributed by atoms with Crippen LogP contribution in [0, 0.1) is 0 Å². The lowest BCUT2D eigenvalue weighted by atomic mass is 9.90. The summed E-state index contributed by atoms with van der Waals surface area (Å²) >= 11 is 0. The fourth-order valence-electron chi connectivity index (χ4n) is 2.38. The highest BCUT2D eigenvalue weighted by Gasteiger charge is 2.47. The van der Waals surface area contributed by atoms with Crippen molar-refractivity contribution in [2.45, 2.75) is 31.3 Å². The average molecular weight is 276 g/mol. The zero-order valence-corrected chi connectivity index (χ0v) is 12.0. The van der Waals surface area contributed by atoms with Gasteiger partial charge in [-0.25, -0.2) is 4.79 Å². The van der Waals surface area contributed by atoms with E-state index in [2.05, 4.69) is 0 Å². The van der Waals surface area contributed by atoms with Crippen LogP contribution in [0.5, 0.6) is 0 Å². The van der Waals surface area contributed by atoms with Crippen LogP contribution in [0.1, 0.15) is 25.3 Å². The molecule has 0 aromatic heterocycles. The summed E-state index contributed by atoms with van der Waals surface area (Å²) in [5.74, 6) is -1.01. The van der Waals surface area contributed by atoms with E-state index in [1.54, 1.807) is 19.1 Å². The van der Waals surface area contributed by atoms with E-state index < -0.39 is 11.5 Å². The van der Waals surface area contributed by atoms with Gasteiger partial charge < -0.3 is 14.9 Å². The first-order chi connectivity index (χ1) is 9.41. The second-order valence-electron chi connectivity index (χ2n) is 5.56. The monoisotopic (exact) mass is 276 g/mol. The molecule has 1 atom stereocenters. The van der Waals surface area contributed by atoms with E-state index in [0.717, 1.165) is 18.5 Å². The van der Waals surface area contributed by atoms with E-state index in [4.69, 9.17) is 0 Å². The predicted octanol–water partition coefficient (Wildman–Crippen LogP) is 1.67. The zero-order valence-electron chi connectivity index (χ0n) is 12.0. The van der Waals surface area contributed by atoms with E-state index in [0.29, 0.717) is 12.0 Å². The molecule has 1 amide bonds. The number of anilines is 1. The summed E-state index contributed by atoms with van der Waals surface area (Å²) in [5.41, 5.74) is 0.300. The summed E-state index contributed by atoms with van der Waals surface area (Å²) in [6, 6.07) is 7.34. The van der Waals surface area contributed by atoms with E-state index in [1.807, 2.05) is 31.1 Å². The summed E-state index contributed by atoms with van der Waals surface area (Å²) in [6.45, 7) is 1.59. The summed E-state index contributed by atoms with van der Waals surface area (Å²) in [5, 5.41) is 9.63. The minimum Gasteiger partial charge on any atom is -0.479 e. The van der Waals surface area contributed by atoms with Crippen LogP contribution < -0.4 is 4.90 Å². The van der Waals surface area contributed by atoms with E-state index in [1.165, 1.54) is 4.90 Å². The highest BCUT2D eigenvalue weighted by atomic mass is 16.4. The van der Waals surface area contributed by atoms with Crippen molar-refractivity contribution in [3.63, 3.8) is 0 Å². The van der Waals surface area contributed by atoms with Crippen LogP contribution in [0.4, 0.5) is 5.69 Å². The molecule has 2 rings (SSSR count). The topological polar surface area (TPSA) is 60.9 Å². The Hall–Kier alpha value is -2.04. The SMILES string of the molecule is CN(C)c1ccc(C(C)(C(=O)O)N(C=O)C2CC2)cc1. The van der Waals surface area contributed by atoms with Gasteiger partial charge in [0.15, 0.2) is 5.54 Å². The molecule has 5 heteroatoms. The van der Waals surface area contributed by atoms with Crippen molar-refractivity contribution in [2.75, 3.05) is 19.0 Å². The molecule has 20 heavy (non-hydrogen) atoms. The minimum atomic E-state index is -1.31. The number of amides is 1. The van der Waals surface area contributed by atoms with Crippen molar-refractivity contribution < 1.29 is 14.7 Å². The summed E-state index contributed by atoms with van der Waals surface area (Å²) in [6.07, 6.45) is 2.40. The molecule has 0 spiro atoms. The van der Waals surface area contributed by atoms with Gasteiger partial charge in [0.25, 0.3) is 0 Å². The molecule has 1 saturated carbocycles. The molecule has 5 nitrogen and oxygen atoms in total. The van der Waals surface area contributed by atoms with Crippen molar-refractivity contribution in [2.24, 2.45) is 0 Å². The molecule has 1 unspecified atom stereocenters. The summed E-state index contributed by atoms with van der Waals surface area (Å²) in [4.78, 5) is 26.5. The standard InChI is InChI=1S/C15H20N2O3/c1-15(14(19)20,17(10-18)13-8-9-13)11-4-6-12(7-5-11)16(2)3/h4-7,10,13H,8-9H2,1-3H3,(H,19,20). The lowest BCUT2D eigenvalue weighted by Gasteiger charge is -2.36. The molecule has 1 aliphatic carbocycles. The maximum Gasteiger partial charge on any atom is 0.334 e. The molecule has 0 saturated heterocycles. The van der Waals surface area contributed by atoms with Crippen LogP contribution in [-0.4, -0.2) is 42.5 Å². The maximum atomic E-state index is 11.8. The van der Waals surface area contributed by atoms with Gasteiger partial charge in [-0.3, -0.25) is 4.79 Å². The summed E-state index contributed by atoms with van der Waals surface area (Å²) in [7, 11) is 3.85. The Labute approximate surface area is 118 Å². The molecule has 1 aromatic rings. The number of carbonyl (C=O) groups excluding carboxylic acids is 1. The van der Waals surface area contributed by atoms with Gasteiger partial charge in [-0.2, -0.15) is 0 Å². The molecule has 0 radical (unpaired) electrons.